The topological polar surface area (TPSA) is 84.8 Å². The van der Waals surface area contributed by atoms with Gasteiger partial charge in [0, 0.05) is 45.1 Å². The predicted molar refractivity (Wildman–Crippen MR) is 128 cm³/mol. The van der Waals surface area contributed by atoms with Crippen molar-refractivity contribution >= 4 is 18.3 Å². The normalized spacial score (nSPS) is 22.4. The van der Waals surface area contributed by atoms with Crippen molar-refractivity contribution < 1.29 is 15.0 Å². The van der Waals surface area contributed by atoms with Crippen molar-refractivity contribution in [3.05, 3.63) is 71.3 Å². The van der Waals surface area contributed by atoms with Crippen molar-refractivity contribution in [2.45, 2.75) is 37.5 Å². The molecule has 1 aliphatic carbocycles. The summed E-state index contributed by atoms with van der Waals surface area (Å²) in [6, 6.07) is 17.4. The van der Waals surface area contributed by atoms with Gasteiger partial charge in [-0.15, -0.1) is 12.4 Å². The molecule has 0 aromatic heterocycles. The Balaban J connectivity index is 0.00000289. The molecule has 2 aliphatic rings. The van der Waals surface area contributed by atoms with E-state index in [1.54, 1.807) is 0 Å². The Morgan fingerprint density at radius 1 is 1.09 bits per heavy atom. The van der Waals surface area contributed by atoms with Gasteiger partial charge in [-0.05, 0) is 29.5 Å². The summed E-state index contributed by atoms with van der Waals surface area (Å²) in [5.41, 5.74) is 3.14. The van der Waals surface area contributed by atoms with E-state index < -0.39 is 18.2 Å². The number of hydrogen-bond acceptors (Lipinski definition) is 5. The highest BCUT2D eigenvalue weighted by Crippen LogP contribution is 2.32. The number of benzene rings is 2. The summed E-state index contributed by atoms with van der Waals surface area (Å²) in [4.78, 5) is 15.6. The number of nitrogens with zero attached hydrogens (tertiary/aromatic N) is 1. The van der Waals surface area contributed by atoms with E-state index >= 15 is 0 Å². The van der Waals surface area contributed by atoms with Crippen molar-refractivity contribution in [2.75, 3.05) is 32.7 Å². The minimum absolute atomic E-state index is 0. The largest absolute Gasteiger partial charge is 0.392 e. The van der Waals surface area contributed by atoms with Crippen molar-refractivity contribution in [1.29, 1.82) is 0 Å². The molecule has 4 N–H and O–H groups in total. The number of carbonyl (C=O) groups is 1. The molecule has 1 amide bonds. The van der Waals surface area contributed by atoms with Crippen molar-refractivity contribution in [1.82, 2.24) is 15.5 Å². The van der Waals surface area contributed by atoms with Gasteiger partial charge in [-0.25, -0.2) is 0 Å². The first-order chi connectivity index (χ1) is 15.1. The summed E-state index contributed by atoms with van der Waals surface area (Å²) >= 11 is 0. The second-order valence-electron chi connectivity index (χ2n) is 8.78. The van der Waals surface area contributed by atoms with Gasteiger partial charge < -0.3 is 20.8 Å². The molecule has 0 bridgehead atoms. The number of aliphatic hydroxyl groups is 2. The fourth-order valence-corrected chi connectivity index (χ4v) is 4.80. The van der Waals surface area contributed by atoms with E-state index in [1.807, 2.05) is 54.6 Å². The fraction of sp³-hybridized carbons (Fsp3) is 0.480. The smallest absolute Gasteiger partial charge is 0.224 e. The number of aliphatic hydroxyl groups excluding tert-OH is 2. The van der Waals surface area contributed by atoms with Crippen LogP contribution in [0.3, 0.4) is 0 Å². The van der Waals surface area contributed by atoms with E-state index in [2.05, 4.69) is 15.5 Å². The van der Waals surface area contributed by atoms with Gasteiger partial charge in [-0.1, -0.05) is 54.6 Å². The van der Waals surface area contributed by atoms with E-state index in [4.69, 9.17) is 0 Å². The molecule has 4 rings (SSSR count). The predicted octanol–water partition coefficient (Wildman–Crippen LogP) is 1.70. The summed E-state index contributed by atoms with van der Waals surface area (Å²) in [5.74, 6) is -0.468. The third-order valence-corrected chi connectivity index (χ3v) is 6.43. The molecule has 0 spiro atoms. The number of halogens is 1. The highest BCUT2D eigenvalue weighted by Gasteiger charge is 2.34. The maximum atomic E-state index is 13.3. The number of fused-ring (bicyclic) bond motifs is 1. The number of amides is 1. The lowest BCUT2D eigenvalue weighted by atomic mass is 9.92. The number of carbonyl (C=O) groups excluding carboxylic acids is 1. The zero-order valence-corrected chi connectivity index (χ0v) is 19.1. The first-order valence-electron chi connectivity index (χ1n) is 11.3. The molecule has 6 nitrogen and oxygen atoms in total. The maximum Gasteiger partial charge on any atom is 0.224 e. The number of piperazine rings is 1. The van der Waals surface area contributed by atoms with Crippen molar-refractivity contribution in [2.24, 2.45) is 5.92 Å². The zero-order valence-electron chi connectivity index (χ0n) is 18.3. The molecule has 1 heterocycles. The molecule has 174 valence electrons. The Morgan fingerprint density at radius 3 is 2.53 bits per heavy atom. The lowest BCUT2D eigenvalue weighted by molar-refractivity contribution is -0.127. The Bertz CT molecular complexity index is 861. The van der Waals surface area contributed by atoms with Crippen LogP contribution in [0.1, 0.15) is 29.2 Å². The molecule has 2 aromatic rings. The second-order valence-corrected chi connectivity index (χ2v) is 8.78. The van der Waals surface area contributed by atoms with Gasteiger partial charge in [0.05, 0.1) is 18.2 Å². The first-order valence-corrected chi connectivity index (χ1v) is 11.3. The Kier molecular flexibility index (Phi) is 9.08. The molecular weight excluding hydrogens is 426 g/mol. The van der Waals surface area contributed by atoms with Crippen LogP contribution in [0.15, 0.2) is 54.6 Å². The number of hydrogen-bond donors (Lipinski definition) is 4. The van der Waals surface area contributed by atoms with E-state index in [0.717, 1.165) is 42.9 Å². The van der Waals surface area contributed by atoms with Crippen LogP contribution in [0.4, 0.5) is 0 Å². The summed E-state index contributed by atoms with van der Waals surface area (Å²) < 4.78 is 0. The minimum Gasteiger partial charge on any atom is -0.392 e. The first kappa shape index (κ1) is 24.7. The summed E-state index contributed by atoms with van der Waals surface area (Å²) in [5, 5.41) is 27.7. The van der Waals surface area contributed by atoms with Gasteiger partial charge in [0.1, 0.15) is 0 Å². The van der Waals surface area contributed by atoms with E-state index in [9.17, 15) is 15.0 Å². The quantitative estimate of drug-likeness (QED) is 0.483. The summed E-state index contributed by atoms with van der Waals surface area (Å²) in [7, 11) is 0. The fourth-order valence-electron chi connectivity index (χ4n) is 4.80. The van der Waals surface area contributed by atoms with Gasteiger partial charge in [0.15, 0.2) is 0 Å². The summed E-state index contributed by atoms with van der Waals surface area (Å²) in [6.45, 7) is 4.27. The van der Waals surface area contributed by atoms with E-state index in [-0.39, 0.29) is 24.2 Å². The van der Waals surface area contributed by atoms with Crippen LogP contribution in [0.5, 0.6) is 0 Å². The molecule has 0 unspecified atom stereocenters. The van der Waals surface area contributed by atoms with Crippen LogP contribution < -0.4 is 10.6 Å². The molecule has 1 fully saturated rings. The minimum atomic E-state index is -0.621. The van der Waals surface area contributed by atoms with Crippen LogP contribution in [0, 0.1) is 5.92 Å². The molecule has 1 saturated heterocycles. The number of nitrogens with one attached hydrogen (secondary N) is 2. The van der Waals surface area contributed by atoms with Crippen molar-refractivity contribution in [3.8, 4) is 0 Å². The SMILES string of the molecule is Cl.O=C(N[C@H]1c2ccccc2C[C@H]1O)[C@H](Cc1ccccc1)C[C@H](O)CN1CCNCC1. The highest BCUT2D eigenvalue weighted by atomic mass is 35.5. The molecule has 32 heavy (non-hydrogen) atoms. The Hall–Kier alpha value is -1.96. The van der Waals surface area contributed by atoms with Gasteiger partial charge in [0.25, 0.3) is 0 Å². The van der Waals surface area contributed by atoms with Crippen LogP contribution in [0.2, 0.25) is 0 Å². The van der Waals surface area contributed by atoms with Crippen LogP contribution in [-0.4, -0.2) is 66.0 Å². The molecule has 0 radical (unpaired) electrons. The maximum absolute atomic E-state index is 13.3. The average Bonchev–Trinajstić information content (AvgIpc) is 3.09. The third-order valence-electron chi connectivity index (χ3n) is 6.43. The molecule has 0 saturated carbocycles. The second kappa shape index (κ2) is 11.8. The summed E-state index contributed by atoms with van der Waals surface area (Å²) in [6.07, 6.45) is 0.323. The van der Waals surface area contributed by atoms with Gasteiger partial charge >= 0.3 is 0 Å². The molecular formula is C25H34ClN3O3. The monoisotopic (exact) mass is 459 g/mol. The average molecular weight is 460 g/mol. The Morgan fingerprint density at radius 2 is 1.78 bits per heavy atom. The Labute approximate surface area is 196 Å². The number of β-amino-alcohol motifs (C(OH)–C–C–N with tert-alkyl or cyclic N) is 1. The van der Waals surface area contributed by atoms with Crippen LogP contribution in [0.25, 0.3) is 0 Å². The van der Waals surface area contributed by atoms with Gasteiger partial charge in [-0.3, -0.25) is 9.69 Å². The van der Waals surface area contributed by atoms with Gasteiger partial charge in [0.2, 0.25) is 5.91 Å². The lowest BCUT2D eigenvalue weighted by Crippen LogP contribution is -2.47. The highest BCUT2D eigenvalue weighted by molar-refractivity contribution is 5.85. The molecule has 4 atom stereocenters. The van der Waals surface area contributed by atoms with E-state index in [0.29, 0.717) is 25.8 Å². The third kappa shape index (κ3) is 6.30. The van der Waals surface area contributed by atoms with E-state index in [1.165, 1.54) is 0 Å². The lowest BCUT2D eigenvalue weighted by Gasteiger charge is -2.30. The van der Waals surface area contributed by atoms with Crippen LogP contribution in [-0.2, 0) is 17.6 Å². The standard InChI is InChI=1S/C25H33N3O3.ClH/c29-21(17-28-12-10-26-11-13-28)15-20(14-18-6-2-1-3-7-18)25(31)27-24-22-9-5-4-8-19(22)16-23(24)30;/h1-9,20-21,23-24,26,29-30H,10-17H2,(H,27,31);1H/t20-,21+,23-,24+;/m1./s1. The number of rotatable bonds is 8. The molecule has 2 aromatic carbocycles. The van der Waals surface area contributed by atoms with Crippen LogP contribution >= 0.6 is 12.4 Å². The zero-order chi connectivity index (χ0) is 21.6. The van der Waals surface area contributed by atoms with Crippen molar-refractivity contribution in [3.63, 3.8) is 0 Å². The molecule has 1 aliphatic heterocycles. The molecule has 7 heteroatoms. The van der Waals surface area contributed by atoms with Gasteiger partial charge in [-0.2, -0.15) is 0 Å².